The lowest BCUT2D eigenvalue weighted by Gasteiger charge is -2.43. The maximum absolute atomic E-state index is 15.2. The summed E-state index contributed by atoms with van der Waals surface area (Å²) < 4.78 is 31.1. The Balaban J connectivity index is 1.04. The third kappa shape index (κ3) is 6.59. The fraction of sp³-hybridized carbons (Fsp3) is 0.378. The molecule has 0 unspecified atom stereocenters. The number of carbonyl (C=O) groups excluding carboxylic acids is 2. The monoisotopic (exact) mass is 700 g/mol. The molecule has 0 bridgehead atoms. The van der Waals surface area contributed by atoms with Gasteiger partial charge < -0.3 is 19.5 Å². The van der Waals surface area contributed by atoms with Gasteiger partial charge in [-0.3, -0.25) is 23.9 Å². The van der Waals surface area contributed by atoms with E-state index < -0.39 is 29.9 Å². The Labute approximate surface area is 291 Å². The van der Waals surface area contributed by atoms with Crippen LogP contribution in [0.15, 0.2) is 78.1 Å². The van der Waals surface area contributed by atoms with E-state index >= 15 is 4.39 Å². The van der Waals surface area contributed by atoms with Crippen LogP contribution in [0.1, 0.15) is 46.1 Å². The van der Waals surface area contributed by atoms with Crippen molar-refractivity contribution in [2.45, 2.75) is 50.8 Å². The SMILES string of the molecule is Cc1ccc(-c2cc(F)c(C(=O)N3CC[C@@H](C(=O)N4CCC(O)(Cn5cnc6c(ccn6CCF)c5=O)CC4)[C@H](c4ccccc4)C3)s2)cn1. The molecule has 0 saturated carbocycles. The summed E-state index contributed by atoms with van der Waals surface area (Å²) in [4.78, 5) is 53.8. The van der Waals surface area contributed by atoms with Crippen molar-refractivity contribution < 1.29 is 23.5 Å². The Morgan fingerprint density at radius 2 is 1.80 bits per heavy atom. The smallest absolute Gasteiger partial charge is 0.266 e. The minimum absolute atomic E-state index is 0.0274. The number of aryl methyl sites for hydroxylation is 2. The number of aliphatic hydroxyl groups is 1. The third-order valence-corrected chi connectivity index (χ3v) is 11.2. The molecule has 0 spiro atoms. The molecule has 0 radical (unpaired) electrons. The first-order valence-corrected chi connectivity index (χ1v) is 17.6. The van der Waals surface area contributed by atoms with Gasteiger partial charge in [-0.15, -0.1) is 11.3 Å². The van der Waals surface area contributed by atoms with Crippen LogP contribution in [0.4, 0.5) is 8.78 Å². The van der Waals surface area contributed by atoms with Gasteiger partial charge in [0.1, 0.15) is 29.3 Å². The molecule has 5 aromatic rings. The average Bonchev–Trinajstić information content (AvgIpc) is 3.73. The number of nitrogens with zero attached hydrogens (tertiary/aromatic N) is 6. The maximum Gasteiger partial charge on any atom is 0.266 e. The molecule has 2 aliphatic heterocycles. The van der Waals surface area contributed by atoms with Crippen LogP contribution >= 0.6 is 11.3 Å². The lowest BCUT2D eigenvalue weighted by atomic mass is 9.79. The van der Waals surface area contributed by atoms with Crippen LogP contribution in [-0.4, -0.2) is 84.3 Å². The molecule has 4 aromatic heterocycles. The van der Waals surface area contributed by atoms with Crippen LogP contribution in [0.3, 0.4) is 0 Å². The summed E-state index contributed by atoms with van der Waals surface area (Å²) in [6.07, 6.45) is 5.65. The predicted molar refractivity (Wildman–Crippen MR) is 186 cm³/mol. The van der Waals surface area contributed by atoms with E-state index in [2.05, 4.69) is 9.97 Å². The zero-order chi connectivity index (χ0) is 35.0. The van der Waals surface area contributed by atoms with Crippen LogP contribution in [0.5, 0.6) is 0 Å². The molecule has 50 heavy (non-hydrogen) atoms. The molecule has 2 atom stereocenters. The van der Waals surface area contributed by atoms with Gasteiger partial charge in [-0.2, -0.15) is 0 Å². The molecule has 2 saturated heterocycles. The number of thiophene rings is 1. The minimum atomic E-state index is -1.22. The molecule has 10 nitrogen and oxygen atoms in total. The molecule has 2 amide bonds. The Morgan fingerprint density at radius 3 is 2.52 bits per heavy atom. The summed E-state index contributed by atoms with van der Waals surface area (Å²) in [5.41, 5.74) is 1.40. The van der Waals surface area contributed by atoms with Gasteiger partial charge in [0.15, 0.2) is 0 Å². The van der Waals surface area contributed by atoms with Crippen LogP contribution in [0, 0.1) is 18.7 Å². The largest absolute Gasteiger partial charge is 0.388 e. The van der Waals surface area contributed by atoms with Crippen molar-refractivity contribution in [2.24, 2.45) is 5.92 Å². The topological polar surface area (TPSA) is 114 Å². The molecule has 7 rings (SSSR count). The van der Waals surface area contributed by atoms with Crippen LogP contribution in [0.25, 0.3) is 21.5 Å². The predicted octanol–water partition coefficient (Wildman–Crippen LogP) is 5.04. The highest BCUT2D eigenvalue weighted by Crippen LogP contribution is 2.38. The summed E-state index contributed by atoms with van der Waals surface area (Å²) in [7, 11) is 0. The molecule has 2 aliphatic rings. The van der Waals surface area contributed by atoms with E-state index in [0.29, 0.717) is 42.0 Å². The summed E-state index contributed by atoms with van der Waals surface area (Å²) >= 11 is 1.11. The van der Waals surface area contributed by atoms with Gasteiger partial charge in [0.25, 0.3) is 11.5 Å². The van der Waals surface area contributed by atoms with Gasteiger partial charge in [0, 0.05) is 66.5 Å². The summed E-state index contributed by atoms with van der Waals surface area (Å²) in [6.45, 7) is 2.62. The zero-order valence-corrected chi connectivity index (χ0v) is 28.5. The second-order valence-electron chi connectivity index (χ2n) is 13.3. The first-order chi connectivity index (χ1) is 24.1. The van der Waals surface area contributed by atoms with Gasteiger partial charge in [0.05, 0.1) is 24.1 Å². The second kappa shape index (κ2) is 13.9. The maximum atomic E-state index is 15.2. The highest BCUT2D eigenvalue weighted by molar-refractivity contribution is 7.17. The Bertz CT molecular complexity index is 2070. The number of hydrogen-bond acceptors (Lipinski definition) is 7. The van der Waals surface area contributed by atoms with Crippen LogP contribution in [0.2, 0.25) is 0 Å². The first kappa shape index (κ1) is 33.7. The average molecular weight is 701 g/mol. The van der Waals surface area contributed by atoms with Crippen LogP contribution < -0.4 is 5.56 Å². The van der Waals surface area contributed by atoms with Gasteiger partial charge in [-0.1, -0.05) is 36.4 Å². The van der Waals surface area contributed by atoms with Crippen molar-refractivity contribution in [1.82, 2.24) is 28.9 Å². The number of alkyl halides is 1. The van der Waals surface area contributed by atoms with Crippen molar-refractivity contribution in [1.29, 1.82) is 0 Å². The highest BCUT2D eigenvalue weighted by atomic mass is 32.1. The number of fused-ring (bicyclic) bond motifs is 1. The lowest BCUT2D eigenvalue weighted by molar-refractivity contribution is -0.142. The normalized spacial score (nSPS) is 19.2. The molecule has 0 aliphatic carbocycles. The van der Waals surface area contributed by atoms with Crippen molar-refractivity contribution in [3.05, 3.63) is 106 Å². The molecule has 13 heteroatoms. The minimum Gasteiger partial charge on any atom is -0.388 e. The van der Waals surface area contributed by atoms with Gasteiger partial charge >= 0.3 is 0 Å². The van der Waals surface area contributed by atoms with Crippen LogP contribution in [-0.2, 0) is 17.9 Å². The number of halogens is 2. The third-order valence-electron chi connectivity index (χ3n) is 10.1. The molecule has 2 fully saturated rings. The quantitative estimate of drug-likeness (QED) is 0.243. The van der Waals surface area contributed by atoms with Gasteiger partial charge in [-0.25, -0.2) is 13.8 Å². The number of rotatable bonds is 8. The first-order valence-electron chi connectivity index (χ1n) is 16.8. The zero-order valence-electron chi connectivity index (χ0n) is 27.7. The number of aromatic nitrogens is 4. The molecular formula is C37H38F2N6O4S. The number of amides is 2. The lowest BCUT2D eigenvalue weighted by Crippen LogP contribution is -2.53. The van der Waals surface area contributed by atoms with E-state index in [1.54, 1.807) is 32.8 Å². The number of hydrogen-bond donors (Lipinski definition) is 1. The molecule has 260 valence electrons. The van der Waals surface area contributed by atoms with Gasteiger partial charge in [-0.05, 0) is 49.9 Å². The standard InChI is InChI=1S/C37H38F2N6O4S/c1-24-7-8-26(20-40-24)31-19-30(39)32(50-31)36(48)44-15-9-27(29(21-44)25-5-3-2-4-6-25)34(46)43-16-11-37(49,12-17-43)22-45-23-41-33-28(35(45)47)10-14-42(33)18-13-38/h2-8,10,14,19-20,23,27,29,49H,9,11-13,15-18,21-22H2,1H3/t27-,29+/m1/s1. The number of likely N-dealkylation sites (tertiary alicyclic amines) is 2. The molecule has 1 N–H and O–H groups in total. The fourth-order valence-electron chi connectivity index (χ4n) is 7.23. The number of benzene rings is 1. The van der Waals surface area contributed by atoms with Crippen molar-refractivity contribution in [3.8, 4) is 10.4 Å². The number of piperidine rings is 2. The highest BCUT2D eigenvalue weighted by Gasteiger charge is 2.42. The van der Waals surface area contributed by atoms with E-state index in [0.717, 1.165) is 28.2 Å². The van der Waals surface area contributed by atoms with Gasteiger partial charge in [0.2, 0.25) is 5.91 Å². The van der Waals surface area contributed by atoms with E-state index in [1.165, 1.54) is 17.0 Å². The Kier molecular flexibility index (Phi) is 9.36. The molecule has 6 heterocycles. The summed E-state index contributed by atoms with van der Waals surface area (Å²) in [5.74, 6) is -1.71. The van der Waals surface area contributed by atoms with Crippen molar-refractivity contribution in [3.63, 3.8) is 0 Å². The van der Waals surface area contributed by atoms with E-state index in [9.17, 15) is 23.9 Å². The summed E-state index contributed by atoms with van der Waals surface area (Å²) in [5, 5.41) is 11.9. The Hall–Kier alpha value is -4.75. The van der Waals surface area contributed by atoms with E-state index in [4.69, 9.17) is 0 Å². The number of carbonyl (C=O) groups is 2. The summed E-state index contributed by atoms with van der Waals surface area (Å²) in [6, 6.07) is 16.3. The molecular weight excluding hydrogens is 663 g/mol. The molecule has 1 aromatic carbocycles. The fourth-order valence-corrected chi connectivity index (χ4v) is 8.22. The van der Waals surface area contributed by atoms with E-state index in [1.807, 2.05) is 49.4 Å². The van der Waals surface area contributed by atoms with Crippen molar-refractivity contribution >= 4 is 34.2 Å². The van der Waals surface area contributed by atoms with E-state index in [-0.39, 0.29) is 54.7 Å². The van der Waals surface area contributed by atoms with Crippen molar-refractivity contribution in [2.75, 3.05) is 32.9 Å². The number of pyridine rings is 1. The second-order valence-corrected chi connectivity index (χ2v) is 14.4. The Morgan fingerprint density at radius 1 is 1.02 bits per heavy atom.